The standard InChI is InChI=1S/C14H23N5O/c1-3-5-11-13(15-4-2)17-9-18-14(11)16-8-12(20)19-10-6-7-10/h9-10H,3-8H2,1-2H3,(H,19,20)(H2,15,16,17,18). The first-order valence-electron chi connectivity index (χ1n) is 7.35. The van der Waals surface area contributed by atoms with Gasteiger partial charge >= 0.3 is 0 Å². The molecule has 0 bridgehead atoms. The Morgan fingerprint density at radius 3 is 2.55 bits per heavy atom. The number of carbonyl (C=O) groups is 1. The lowest BCUT2D eigenvalue weighted by atomic mass is 10.1. The molecule has 3 N–H and O–H groups in total. The molecule has 2 rings (SSSR count). The molecule has 1 amide bonds. The Bertz CT molecular complexity index is 459. The van der Waals surface area contributed by atoms with Crippen molar-refractivity contribution in [3.63, 3.8) is 0 Å². The van der Waals surface area contributed by atoms with Crippen LogP contribution < -0.4 is 16.0 Å². The van der Waals surface area contributed by atoms with Crippen LogP contribution in [0.25, 0.3) is 0 Å². The fourth-order valence-corrected chi connectivity index (χ4v) is 2.04. The minimum Gasteiger partial charge on any atom is -0.370 e. The molecule has 0 unspecified atom stereocenters. The quantitative estimate of drug-likeness (QED) is 0.672. The van der Waals surface area contributed by atoms with Gasteiger partial charge in [-0.3, -0.25) is 4.79 Å². The third-order valence-corrected chi connectivity index (χ3v) is 3.15. The zero-order valence-corrected chi connectivity index (χ0v) is 12.2. The molecule has 0 spiro atoms. The summed E-state index contributed by atoms with van der Waals surface area (Å²) in [6, 6.07) is 0.391. The van der Waals surface area contributed by atoms with Crippen LogP contribution in [-0.4, -0.2) is 35.0 Å². The first kappa shape index (κ1) is 14.6. The van der Waals surface area contributed by atoms with Crippen molar-refractivity contribution in [3.8, 4) is 0 Å². The Labute approximate surface area is 119 Å². The SMILES string of the molecule is CCCc1c(NCC)ncnc1NCC(=O)NC1CC1. The monoisotopic (exact) mass is 277 g/mol. The van der Waals surface area contributed by atoms with Crippen LogP contribution in [-0.2, 0) is 11.2 Å². The summed E-state index contributed by atoms with van der Waals surface area (Å²) in [5, 5.41) is 9.32. The number of nitrogens with zero attached hydrogens (tertiary/aromatic N) is 2. The molecular weight excluding hydrogens is 254 g/mol. The smallest absolute Gasteiger partial charge is 0.239 e. The van der Waals surface area contributed by atoms with Crippen LogP contribution in [0.3, 0.4) is 0 Å². The maximum atomic E-state index is 11.7. The molecule has 1 aliphatic carbocycles. The highest BCUT2D eigenvalue weighted by Gasteiger charge is 2.23. The average molecular weight is 277 g/mol. The fourth-order valence-electron chi connectivity index (χ4n) is 2.04. The number of amides is 1. The van der Waals surface area contributed by atoms with Crippen molar-refractivity contribution in [1.29, 1.82) is 0 Å². The van der Waals surface area contributed by atoms with E-state index in [0.717, 1.165) is 49.4 Å². The number of anilines is 2. The van der Waals surface area contributed by atoms with Gasteiger partial charge in [0.15, 0.2) is 0 Å². The molecule has 6 heteroatoms. The Morgan fingerprint density at radius 2 is 1.95 bits per heavy atom. The predicted molar refractivity (Wildman–Crippen MR) is 79.8 cm³/mol. The van der Waals surface area contributed by atoms with Crippen LogP contribution in [0.4, 0.5) is 11.6 Å². The van der Waals surface area contributed by atoms with Crippen molar-refractivity contribution in [2.75, 3.05) is 23.7 Å². The Morgan fingerprint density at radius 1 is 1.25 bits per heavy atom. The van der Waals surface area contributed by atoms with E-state index < -0.39 is 0 Å². The summed E-state index contributed by atoms with van der Waals surface area (Å²) < 4.78 is 0. The molecule has 1 heterocycles. The highest BCUT2D eigenvalue weighted by Crippen LogP contribution is 2.21. The van der Waals surface area contributed by atoms with Gasteiger partial charge in [0, 0.05) is 18.2 Å². The van der Waals surface area contributed by atoms with Gasteiger partial charge in [0.25, 0.3) is 0 Å². The summed E-state index contributed by atoms with van der Waals surface area (Å²) in [6.07, 6.45) is 5.62. The van der Waals surface area contributed by atoms with Crippen molar-refractivity contribution >= 4 is 17.5 Å². The summed E-state index contributed by atoms with van der Waals surface area (Å²) in [4.78, 5) is 20.2. The van der Waals surface area contributed by atoms with Crippen molar-refractivity contribution < 1.29 is 4.79 Å². The van der Waals surface area contributed by atoms with Crippen LogP contribution in [0, 0.1) is 0 Å². The molecule has 1 saturated carbocycles. The van der Waals surface area contributed by atoms with Crippen LogP contribution in [0.1, 0.15) is 38.7 Å². The van der Waals surface area contributed by atoms with Gasteiger partial charge < -0.3 is 16.0 Å². The molecule has 0 aromatic carbocycles. The van der Waals surface area contributed by atoms with Crippen LogP contribution in [0.15, 0.2) is 6.33 Å². The van der Waals surface area contributed by atoms with E-state index in [-0.39, 0.29) is 12.5 Å². The summed E-state index contributed by atoms with van der Waals surface area (Å²) in [7, 11) is 0. The fraction of sp³-hybridized carbons (Fsp3) is 0.643. The molecule has 0 radical (unpaired) electrons. The Balaban J connectivity index is 2.00. The molecule has 1 aromatic rings. The lowest BCUT2D eigenvalue weighted by Gasteiger charge is -2.14. The number of hydrogen-bond donors (Lipinski definition) is 3. The molecule has 110 valence electrons. The minimum absolute atomic E-state index is 0.0264. The minimum atomic E-state index is 0.0264. The number of nitrogens with one attached hydrogen (secondary N) is 3. The first-order valence-corrected chi connectivity index (χ1v) is 7.35. The predicted octanol–water partition coefficient (Wildman–Crippen LogP) is 1.55. The van der Waals surface area contributed by atoms with Gasteiger partial charge in [-0.05, 0) is 26.2 Å². The van der Waals surface area contributed by atoms with Crippen LogP contribution in [0.5, 0.6) is 0 Å². The van der Waals surface area contributed by atoms with Crippen molar-refractivity contribution in [2.24, 2.45) is 0 Å². The third kappa shape index (κ3) is 4.08. The number of rotatable bonds is 8. The lowest BCUT2D eigenvalue weighted by Crippen LogP contribution is -2.31. The normalized spacial score (nSPS) is 13.9. The zero-order valence-electron chi connectivity index (χ0n) is 12.2. The van der Waals surface area contributed by atoms with E-state index in [1.165, 1.54) is 6.33 Å². The van der Waals surface area contributed by atoms with Crippen molar-refractivity contribution in [3.05, 3.63) is 11.9 Å². The van der Waals surface area contributed by atoms with Gasteiger partial charge in [-0.2, -0.15) is 0 Å². The van der Waals surface area contributed by atoms with Crippen molar-refractivity contribution in [1.82, 2.24) is 15.3 Å². The Kier molecular flexibility index (Phi) is 5.15. The topological polar surface area (TPSA) is 78.9 Å². The molecule has 0 atom stereocenters. The highest BCUT2D eigenvalue weighted by molar-refractivity contribution is 5.81. The Hall–Kier alpha value is -1.85. The molecule has 0 saturated heterocycles. The average Bonchev–Trinajstić information content (AvgIpc) is 3.23. The van der Waals surface area contributed by atoms with Crippen molar-refractivity contribution in [2.45, 2.75) is 45.6 Å². The van der Waals surface area contributed by atoms with Gasteiger partial charge in [0.1, 0.15) is 18.0 Å². The van der Waals surface area contributed by atoms with Crippen LogP contribution >= 0.6 is 0 Å². The van der Waals surface area contributed by atoms with E-state index >= 15 is 0 Å². The van der Waals surface area contributed by atoms with Gasteiger partial charge in [-0.15, -0.1) is 0 Å². The van der Waals surface area contributed by atoms with E-state index in [9.17, 15) is 4.79 Å². The number of aromatic nitrogens is 2. The second kappa shape index (κ2) is 7.07. The number of carbonyl (C=O) groups excluding carboxylic acids is 1. The number of hydrogen-bond acceptors (Lipinski definition) is 5. The summed E-state index contributed by atoms with van der Waals surface area (Å²) in [5.41, 5.74) is 1.05. The third-order valence-electron chi connectivity index (χ3n) is 3.15. The molecule has 1 aliphatic rings. The lowest BCUT2D eigenvalue weighted by molar-refractivity contribution is -0.119. The van der Waals surface area contributed by atoms with Gasteiger partial charge in [-0.1, -0.05) is 13.3 Å². The second-order valence-electron chi connectivity index (χ2n) is 5.03. The van der Waals surface area contributed by atoms with E-state index in [4.69, 9.17) is 0 Å². The zero-order chi connectivity index (χ0) is 14.4. The molecule has 20 heavy (non-hydrogen) atoms. The first-order chi connectivity index (χ1) is 9.74. The molecule has 1 fully saturated rings. The van der Waals surface area contributed by atoms with Gasteiger partial charge in [0.2, 0.25) is 5.91 Å². The maximum Gasteiger partial charge on any atom is 0.239 e. The van der Waals surface area contributed by atoms with E-state index in [1.54, 1.807) is 0 Å². The second-order valence-corrected chi connectivity index (χ2v) is 5.03. The largest absolute Gasteiger partial charge is 0.370 e. The van der Waals surface area contributed by atoms with E-state index in [1.807, 2.05) is 6.92 Å². The molecule has 6 nitrogen and oxygen atoms in total. The summed E-state index contributed by atoms with van der Waals surface area (Å²) in [5.74, 6) is 1.64. The van der Waals surface area contributed by atoms with E-state index in [0.29, 0.717) is 6.04 Å². The highest BCUT2D eigenvalue weighted by atomic mass is 16.2. The maximum absolute atomic E-state index is 11.7. The molecule has 0 aliphatic heterocycles. The molecule has 1 aromatic heterocycles. The van der Waals surface area contributed by atoms with Crippen LogP contribution in [0.2, 0.25) is 0 Å². The van der Waals surface area contributed by atoms with Gasteiger partial charge in [-0.25, -0.2) is 9.97 Å². The van der Waals surface area contributed by atoms with Gasteiger partial charge in [0.05, 0.1) is 6.54 Å². The molecular formula is C14H23N5O. The summed E-state index contributed by atoms with van der Waals surface area (Å²) in [6.45, 7) is 5.23. The van der Waals surface area contributed by atoms with E-state index in [2.05, 4.69) is 32.8 Å². The summed E-state index contributed by atoms with van der Waals surface area (Å²) >= 11 is 0.